The van der Waals surface area contributed by atoms with Crippen molar-refractivity contribution in [2.24, 2.45) is 5.92 Å². The molecule has 4 heteroatoms. The molecule has 0 aromatic carbocycles. The van der Waals surface area contributed by atoms with Gasteiger partial charge >= 0.3 is 5.97 Å². The van der Waals surface area contributed by atoms with Gasteiger partial charge in [0.05, 0.1) is 0 Å². The molecule has 1 rings (SSSR count). The average Bonchev–Trinajstić information content (AvgIpc) is 2.29. The molecule has 1 unspecified atom stereocenters. The first-order valence-electron chi connectivity index (χ1n) is 6.60. The molecule has 0 saturated heterocycles. The number of aliphatic carboxylic acids is 1. The highest BCUT2D eigenvalue weighted by Gasteiger charge is 2.41. The molecule has 1 fully saturated rings. The van der Waals surface area contributed by atoms with E-state index in [0.717, 1.165) is 25.9 Å². The summed E-state index contributed by atoms with van der Waals surface area (Å²) in [6, 6.07) is 0. The molecule has 0 bridgehead atoms. The third-order valence-corrected chi connectivity index (χ3v) is 3.92. The lowest BCUT2D eigenvalue weighted by Gasteiger charge is -2.37. The Morgan fingerprint density at radius 2 is 1.94 bits per heavy atom. The van der Waals surface area contributed by atoms with Crippen LogP contribution in [0.4, 0.5) is 0 Å². The Morgan fingerprint density at radius 3 is 2.41 bits per heavy atom. The van der Waals surface area contributed by atoms with Gasteiger partial charge in [-0.1, -0.05) is 19.3 Å². The van der Waals surface area contributed by atoms with Gasteiger partial charge in [-0.05, 0) is 39.8 Å². The van der Waals surface area contributed by atoms with E-state index >= 15 is 0 Å². The Balaban J connectivity index is 2.57. The SMILES string of the molecule is CN(C)CCNC(C)(C(=O)O)C1CCCCC1. The summed E-state index contributed by atoms with van der Waals surface area (Å²) in [5, 5.41) is 12.7. The van der Waals surface area contributed by atoms with Gasteiger partial charge in [-0.25, -0.2) is 0 Å². The Labute approximate surface area is 104 Å². The van der Waals surface area contributed by atoms with Gasteiger partial charge in [0, 0.05) is 13.1 Å². The zero-order chi connectivity index (χ0) is 12.9. The molecule has 1 aliphatic carbocycles. The highest BCUT2D eigenvalue weighted by Crippen LogP contribution is 2.32. The summed E-state index contributed by atoms with van der Waals surface area (Å²) < 4.78 is 0. The molecule has 0 aromatic heterocycles. The van der Waals surface area contributed by atoms with Gasteiger partial charge in [-0.2, -0.15) is 0 Å². The molecular weight excluding hydrogens is 216 g/mol. The van der Waals surface area contributed by atoms with Gasteiger partial charge in [-0.15, -0.1) is 0 Å². The van der Waals surface area contributed by atoms with Crippen LogP contribution in [0, 0.1) is 5.92 Å². The standard InChI is InChI=1S/C13H26N2O2/c1-13(12(16)17,14-9-10-15(2)3)11-7-5-4-6-8-11/h11,14H,4-10H2,1-3H3,(H,16,17). The second-order valence-electron chi connectivity index (χ2n) is 5.57. The Hall–Kier alpha value is -0.610. The molecule has 0 heterocycles. The van der Waals surface area contributed by atoms with E-state index in [-0.39, 0.29) is 5.92 Å². The van der Waals surface area contributed by atoms with Gasteiger partial charge in [-0.3, -0.25) is 4.79 Å². The van der Waals surface area contributed by atoms with Crippen LogP contribution in [0.2, 0.25) is 0 Å². The topological polar surface area (TPSA) is 52.6 Å². The van der Waals surface area contributed by atoms with Crippen molar-refractivity contribution in [3.63, 3.8) is 0 Å². The van der Waals surface area contributed by atoms with Crippen LogP contribution in [0.15, 0.2) is 0 Å². The van der Waals surface area contributed by atoms with Crippen LogP contribution < -0.4 is 5.32 Å². The van der Waals surface area contributed by atoms with Gasteiger partial charge in [0.15, 0.2) is 0 Å². The van der Waals surface area contributed by atoms with E-state index in [9.17, 15) is 9.90 Å². The van der Waals surface area contributed by atoms with Crippen molar-refractivity contribution in [1.29, 1.82) is 0 Å². The Kier molecular flexibility index (Phi) is 5.40. The van der Waals surface area contributed by atoms with E-state index in [0.29, 0.717) is 0 Å². The van der Waals surface area contributed by atoms with Crippen molar-refractivity contribution in [3.8, 4) is 0 Å². The molecule has 1 atom stereocenters. The number of nitrogens with zero attached hydrogens (tertiary/aromatic N) is 1. The maximum absolute atomic E-state index is 11.5. The van der Waals surface area contributed by atoms with E-state index in [1.54, 1.807) is 0 Å². The summed E-state index contributed by atoms with van der Waals surface area (Å²) in [5.41, 5.74) is -0.754. The van der Waals surface area contributed by atoms with Gasteiger partial charge in [0.25, 0.3) is 0 Å². The zero-order valence-corrected chi connectivity index (χ0v) is 11.3. The van der Waals surface area contributed by atoms with E-state index in [1.165, 1.54) is 19.3 Å². The van der Waals surface area contributed by atoms with E-state index in [1.807, 2.05) is 21.0 Å². The molecule has 1 saturated carbocycles. The normalized spacial score (nSPS) is 21.4. The molecule has 1 aliphatic rings. The molecule has 0 spiro atoms. The number of rotatable bonds is 6. The summed E-state index contributed by atoms with van der Waals surface area (Å²) in [4.78, 5) is 13.6. The van der Waals surface area contributed by atoms with Crippen molar-refractivity contribution in [1.82, 2.24) is 10.2 Å². The van der Waals surface area contributed by atoms with E-state index in [2.05, 4.69) is 10.2 Å². The molecule has 0 radical (unpaired) electrons. The second-order valence-corrected chi connectivity index (χ2v) is 5.57. The van der Waals surface area contributed by atoms with Gasteiger partial charge in [0.2, 0.25) is 0 Å². The summed E-state index contributed by atoms with van der Waals surface area (Å²) in [6.45, 7) is 3.45. The van der Waals surface area contributed by atoms with Crippen LogP contribution in [0.1, 0.15) is 39.0 Å². The van der Waals surface area contributed by atoms with Crippen molar-refractivity contribution < 1.29 is 9.90 Å². The molecule has 0 aromatic rings. The smallest absolute Gasteiger partial charge is 0.323 e. The molecule has 17 heavy (non-hydrogen) atoms. The largest absolute Gasteiger partial charge is 0.480 e. The lowest BCUT2D eigenvalue weighted by molar-refractivity contribution is -0.147. The van der Waals surface area contributed by atoms with Crippen molar-refractivity contribution in [3.05, 3.63) is 0 Å². The monoisotopic (exact) mass is 242 g/mol. The number of carboxylic acids is 1. The predicted octanol–water partition coefficient (Wildman–Crippen LogP) is 1.56. The number of hydrogen-bond acceptors (Lipinski definition) is 3. The molecule has 100 valence electrons. The van der Waals surface area contributed by atoms with Crippen LogP contribution in [0.3, 0.4) is 0 Å². The Bertz CT molecular complexity index is 250. The summed E-state index contributed by atoms with van der Waals surface area (Å²) >= 11 is 0. The maximum atomic E-state index is 11.5. The summed E-state index contributed by atoms with van der Waals surface area (Å²) in [6.07, 6.45) is 5.67. The number of carboxylic acid groups (broad SMARTS) is 1. The highest BCUT2D eigenvalue weighted by atomic mass is 16.4. The number of nitrogens with one attached hydrogen (secondary N) is 1. The van der Waals surface area contributed by atoms with E-state index in [4.69, 9.17) is 0 Å². The second kappa shape index (κ2) is 6.36. The van der Waals surface area contributed by atoms with Gasteiger partial charge < -0.3 is 15.3 Å². The lowest BCUT2D eigenvalue weighted by atomic mass is 9.75. The fourth-order valence-electron chi connectivity index (χ4n) is 2.61. The molecule has 4 nitrogen and oxygen atoms in total. The van der Waals surface area contributed by atoms with Crippen LogP contribution in [-0.4, -0.2) is 48.7 Å². The number of likely N-dealkylation sites (N-methyl/N-ethyl adjacent to an activating group) is 1. The lowest BCUT2D eigenvalue weighted by Crippen LogP contribution is -2.56. The fourth-order valence-corrected chi connectivity index (χ4v) is 2.61. The summed E-state index contributed by atoms with van der Waals surface area (Å²) in [5.74, 6) is -0.431. The van der Waals surface area contributed by atoms with Crippen LogP contribution in [-0.2, 0) is 4.79 Å². The minimum Gasteiger partial charge on any atom is -0.480 e. The third kappa shape index (κ3) is 3.96. The van der Waals surface area contributed by atoms with Crippen LogP contribution >= 0.6 is 0 Å². The average molecular weight is 242 g/mol. The van der Waals surface area contributed by atoms with E-state index < -0.39 is 11.5 Å². The minimum atomic E-state index is -0.754. The maximum Gasteiger partial charge on any atom is 0.323 e. The zero-order valence-electron chi connectivity index (χ0n) is 11.3. The minimum absolute atomic E-state index is 0.274. The van der Waals surface area contributed by atoms with Gasteiger partial charge in [0.1, 0.15) is 5.54 Å². The predicted molar refractivity (Wildman–Crippen MR) is 69.2 cm³/mol. The first kappa shape index (κ1) is 14.5. The summed E-state index contributed by atoms with van der Waals surface area (Å²) in [7, 11) is 4.00. The van der Waals surface area contributed by atoms with Crippen molar-refractivity contribution in [2.75, 3.05) is 27.2 Å². The van der Waals surface area contributed by atoms with Crippen LogP contribution in [0.25, 0.3) is 0 Å². The number of hydrogen-bond donors (Lipinski definition) is 2. The molecule has 0 amide bonds. The Morgan fingerprint density at radius 1 is 1.35 bits per heavy atom. The first-order chi connectivity index (χ1) is 7.97. The third-order valence-electron chi connectivity index (χ3n) is 3.92. The molecule has 2 N–H and O–H groups in total. The first-order valence-corrected chi connectivity index (χ1v) is 6.60. The van der Waals surface area contributed by atoms with Crippen molar-refractivity contribution >= 4 is 5.97 Å². The highest BCUT2D eigenvalue weighted by molar-refractivity contribution is 5.78. The quantitative estimate of drug-likeness (QED) is 0.742. The number of carbonyl (C=O) groups is 1. The van der Waals surface area contributed by atoms with Crippen LogP contribution in [0.5, 0.6) is 0 Å². The van der Waals surface area contributed by atoms with Crippen molar-refractivity contribution in [2.45, 2.75) is 44.6 Å². The fraction of sp³-hybridized carbons (Fsp3) is 0.923. The molecular formula is C13H26N2O2. The molecule has 0 aliphatic heterocycles.